The van der Waals surface area contributed by atoms with E-state index in [0.717, 1.165) is 43.4 Å². The van der Waals surface area contributed by atoms with Gasteiger partial charge < -0.3 is 19.9 Å². The Bertz CT molecular complexity index is 1040. The first-order valence-corrected chi connectivity index (χ1v) is 16.5. The Morgan fingerprint density at radius 1 is 0.889 bits per heavy atom. The molecular weight excluding hydrogens is 604 g/mol. The fraction of sp³-hybridized carbons (Fsp3) is 0.966. The van der Waals surface area contributed by atoms with Gasteiger partial charge in [0.25, 0.3) is 0 Å². The first-order chi connectivity index (χ1) is 21.2. The normalized spacial score (nSPS) is 40.4. The first-order valence-electron chi connectivity index (χ1n) is 16.5. The Kier molecular flexibility index (Phi) is 9.58. The van der Waals surface area contributed by atoms with Crippen LogP contribution >= 0.6 is 0 Å². The molecule has 0 spiro atoms. The van der Waals surface area contributed by atoms with Crippen LogP contribution in [0.3, 0.4) is 0 Å². The Hall–Kier alpha value is -1.43. The van der Waals surface area contributed by atoms with E-state index >= 15 is 0 Å². The van der Waals surface area contributed by atoms with Crippen LogP contribution in [-0.2, 0) is 4.74 Å². The number of guanidine groups is 1. The minimum atomic E-state index is -4.46. The van der Waals surface area contributed by atoms with Crippen LogP contribution in [0.25, 0.3) is 0 Å². The number of hydrogen-bond acceptors (Lipinski definition) is 8. The zero-order chi connectivity index (χ0) is 32.3. The smallest absolute Gasteiger partial charge is 0.366 e. The molecule has 10 nitrogen and oxygen atoms in total. The van der Waals surface area contributed by atoms with E-state index in [1.54, 1.807) is 12.0 Å². The van der Waals surface area contributed by atoms with Crippen molar-refractivity contribution in [2.75, 3.05) is 40.0 Å². The predicted molar refractivity (Wildman–Crippen MR) is 156 cm³/mol. The molecule has 8 atom stereocenters. The van der Waals surface area contributed by atoms with Gasteiger partial charge >= 0.3 is 12.4 Å². The minimum absolute atomic E-state index is 0.0105. The van der Waals surface area contributed by atoms with Crippen molar-refractivity contribution in [1.82, 2.24) is 41.3 Å². The summed E-state index contributed by atoms with van der Waals surface area (Å²) in [7, 11) is 1.66. The zero-order valence-corrected chi connectivity index (χ0v) is 26.2. The molecule has 0 amide bonds. The highest BCUT2D eigenvalue weighted by atomic mass is 19.4. The van der Waals surface area contributed by atoms with Crippen LogP contribution in [-0.4, -0.2) is 122 Å². The number of nitrogens with one attached hydrogen (secondary N) is 6. The van der Waals surface area contributed by atoms with Gasteiger partial charge in [-0.1, -0.05) is 0 Å². The molecule has 258 valence electrons. The molecule has 2 saturated carbocycles. The highest BCUT2D eigenvalue weighted by Gasteiger charge is 2.54. The van der Waals surface area contributed by atoms with Crippen molar-refractivity contribution < 1.29 is 31.1 Å². The first kappa shape index (κ1) is 33.5. The highest BCUT2D eigenvalue weighted by Crippen LogP contribution is 2.41. The summed E-state index contributed by atoms with van der Waals surface area (Å²) in [6, 6.07) is -1.95. The maximum absolute atomic E-state index is 13.7. The van der Waals surface area contributed by atoms with Crippen LogP contribution in [0.4, 0.5) is 26.3 Å². The van der Waals surface area contributed by atoms with Crippen molar-refractivity contribution in [3.05, 3.63) is 0 Å². The number of ether oxygens (including phenoxy) is 1. The second kappa shape index (κ2) is 12.9. The van der Waals surface area contributed by atoms with Crippen LogP contribution in [0.2, 0.25) is 0 Å². The van der Waals surface area contributed by atoms with E-state index in [-0.39, 0.29) is 60.9 Å². The quantitative estimate of drug-likeness (QED) is 0.220. The lowest BCUT2D eigenvalue weighted by Crippen LogP contribution is -2.73. The van der Waals surface area contributed by atoms with Gasteiger partial charge in [-0.3, -0.25) is 31.6 Å². The fourth-order valence-electron chi connectivity index (χ4n) is 8.66. The third-order valence-corrected chi connectivity index (χ3v) is 11.0. The molecule has 0 radical (unpaired) electrons. The highest BCUT2D eigenvalue weighted by molar-refractivity contribution is 5.80. The molecule has 0 aromatic carbocycles. The number of nitrogens with zero attached hydrogens (tertiary/aromatic N) is 3. The molecule has 16 heteroatoms. The Morgan fingerprint density at radius 3 is 2.18 bits per heavy atom. The summed E-state index contributed by atoms with van der Waals surface area (Å²) in [5.41, 5.74) is 0. The van der Waals surface area contributed by atoms with Crippen LogP contribution in [0, 0.1) is 29.1 Å². The van der Waals surface area contributed by atoms with Crippen molar-refractivity contribution in [2.24, 2.45) is 23.7 Å². The molecule has 0 aromatic rings. The van der Waals surface area contributed by atoms with Gasteiger partial charge in [0, 0.05) is 51.4 Å². The van der Waals surface area contributed by atoms with Gasteiger partial charge in [-0.15, -0.1) is 0 Å². The summed E-state index contributed by atoms with van der Waals surface area (Å²) in [6.07, 6.45) is -4.86. The average Bonchev–Trinajstić information content (AvgIpc) is 3.68. The Balaban J connectivity index is 1.14. The lowest BCUT2D eigenvalue weighted by molar-refractivity contribution is -0.151. The molecule has 2 aliphatic carbocycles. The molecule has 6 fully saturated rings. The van der Waals surface area contributed by atoms with Gasteiger partial charge in [0.05, 0.1) is 18.4 Å². The molecule has 4 heterocycles. The van der Waals surface area contributed by atoms with Gasteiger partial charge in [-0.25, -0.2) is 0 Å². The van der Waals surface area contributed by atoms with Crippen LogP contribution in [0.5, 0.6) is 0 Å². The predicted octanol–water partition coefficient (Wildman–Crippen LogP) is 2.21. The molecule has 4 aliphatic heterocycles. The van der Waals surface area contributed by atoms with Gasteiger partial charge in [0.2, 0.25) is 0 Å². The molecule has 6 N–H and O–H groups in total. The number of halogens is 6. The Labute approximate surface area is 261 Å². The standard InChI is InChI=1S/C29H49F6N9O/c1-15(2)42-12-20(29(33,34)35)40-24(42)18-6-4-16(5-7-18)11-43-25-19(44(27(43)36)13-28(30,31)32)10-37-23(41-25)21-22(17-8-9-17)38-14-39-26(21)45-3/h15-26,36-41H,4-14H2,1-3H3. The second-order valence-corrected chi connectivity index (χ2v) is 14.2. The van der Waals surface area contributed by atoms with E-state index in [2.05, 4.69) is 26.6 Å². The lowest BCUT2D eigenvalue weighted by atomic mass is 9.80. The summed E-state index contributed by atoms with van der Waals surface area (Å²) in [6.45, 7) is 3.93. The van der Waals surface area contributed by atoms with Crippen LogP contribution < -0.4 is 26.6 Å². The minimum Gasteiger partial charge on any atom is -0.366 e. The summed E-state index contributed by atoms with van der Waals surface area (Å²) >= 11 is 0. The van der Waals surface area contributed by atoms with E-state index < -0.39 is 37.1 Å². The third-order valence-electron chi connectivity index (χ3n) is 11.0. The maximum atomic E-state index is 13.7. The Morgan fingerprint density at radius 2 is 1.58 bits per heavy atom. The van der Waals surface area contributed by atoms with E-state index in [1.807, 2.05) is 18.7 Å². The van der Waals surface area contributed by atoms with Crippen molar-refractivity contribution in [3.63, 3.8) is 0 Å². The number of alkyl halides is 6. The monoisotopic (exact) mass is 653 g/mol. The topological polar surface area (TPSA) is 103 Å². The average molecular weight is 654 g/mol. The van der Waals surface area contributed by atoms with Crippen molar-refractivity contribution >= 4 is 5.96 Å². The summed E-state index contributed by atoms with van der Waals surface area (Å²) in [5.74, 6) is 0.570. The van der Waals surface area contributed by atoms with Crippen molar-refractivity contribution in [3.8, 4) is 0 Å². The largest absolute Gasteiger partial charge is 0.406 e. The van der Waals surface area contributed by atoms with Crippen molar-refractivity contribution in [1.29, 1.82) is 5.41 Å². The van der Waals surface area contributed by atoms with Crippen molar-refractivity contribution in [2.45, 2.75) is 114 Å². The summed E-state index contributed by atoms with van der Waals surface area (Å²) < 4.78 is 87.7. The van der Waals surface area contributed by atoms with E-state index in [1.165, 1.54) is 0 Å². The number of methoxy groups -OCH3 is 1. The van der Waals surface area contributed by atoms with Gasteiger partial charge in [-0.2, -0.15) is 26.3 Å². The molecule has 8 unspecified atom stereocenters. The second-order valence-electron chi connectivity index (χ2n) is 14.2. The summed E-state index contributed by atoms with van der Waals surface area (Å²) in [5, 5.41) is 25.8. The molecule has 45 heavy (non-hydrogen) atoms. The molecule has 6 rings (SSSR count). The van der Waals surface area contributed by atoms with Crippen LogP contribution in [0.1, 0.15) is 52.4 Å². The molecule has 0 bridgehead atoms. The molecule has 0 aromatic heterocycles. The fourth-order valence-corrected chi connectivity index (χ4v) is 8.66. The van der Waals surface area contributed by atoms with Gasteiger partial charge in [0.1, 0.15) is 25.0 Å². The summed E-state index contributed by atoms with van der Waals surface area (Å²) in [4.78, 5) is 4.88. The zero-order valence-electron chi connectivity index (χ0n) is 26.2. The van der Waals surface area contributed by atoms with E-state index in [0.29, 0.717) is 25.7 Å². The number of rotatable bonds is 8. The maximum Gasteiger partial charge on any atom is 0.406 e. The lowest BCUT2D eigenvalue weighted by Gasteiger charge is -2.48. The molecule has 6 aliphatic rings. The van der Waals surface area contributed by atoms with E-state index in [9.17, 15) is 26.3 Å². The number of hydrogen-bond donors (Lipinski definition) is 6. The molecule has 4 saturated heterocycles. The van der Waals surface area contributed by atoms with Gasteiger partial charge in [-0.05, 0) is 70.1 Å². The third kappa shape index (κ3) is 7.07. The molecular formula is C29H49F6N9O. The van der Waals surface area contributed by atoms with E-state index in [4.69, 9.17) is 10.1 Å². The SMILES string of the molecule is COC1NCNC(C2CC2)C1C1NCC2C(N1)N(CC1CCC(C3NC(C(F)(F)F)CN3C(C)C)CC1)C(=N)N2CC(F)(F)F. The van der Waals surface area contributed by atoms with Crippen LogP contribution in [0.15, 0.2) is 0 Å². The number of fused-ring (bicyclic) bond motifs is 1. The van der Waals surface area contributed by atoms with Gasteiger partial charge in [0.15, 0.2) is 5.96 Å².